The van der Waals surface area contributed by atoms with Crippen molar-refractivity contribution in [2.24, 2.45) is 0 Å². The Morgan fingerprint density at radius 3 is 2.71 bits per heavy atom. The number of nitrogens with zero attached hydrogens (tertiary/aromatic N) is 4. The van der Waals surface area contributed by atoms with Crippen LogP contribution in [0.4, 0.5) is 5.82 Å². The van der Waals surface area contributed by atoms with Crippen LogP contribution < -0.4 is 4.90 Å². The number of hydrogen-bond donors (Lipinski definition) is 0. The molecule has 1 aromatic heterocycles. The number of rotatable bonds is 2. The van der Waals surface area contributed by atoms with E-state index in [1.54, 1.807) is 0 Å². The number of ether oxygens (including phenoxy) is 1. The third-order valence-corrected chi connectivity index (χ3v) is 4.12. The van der Waals surface area contributed by atoms with Crippen LogP contribution in [0.5, 0.6) is 0 Å². The molecule has 114 valence electrons. The molecule has 0 saturated carbocycles. The zero-order chi connectivity index (χ0) is 14.8. The Balaban J connectivity index is 1.93. The Morgan fingerprint density at radius 1 is 1.24 bits per heavy atom. The van der Waals surface area contributed by atoms with Crippen LogP contribution >= 0.6 is 0 Å². The molecule has 1 amide bonds. The molecule has 2 aliphatic rings. The summed E-state index contributed by atoms with van der Waals surface area (Å²) in [5, 5.41) is 0. The maximum absolute atomic E-state index is 12.0. The highest BCUT2D eigenvalue weighted by atomic mass is 16.5. The summed E-state index contributed by atoms with van der Waals surface area (Å²) in [6, 6.07) is 0. The van der Waals surface area contributed by atoms with E-state index < -0.39 is 0 Å². The lowest BCUT2D eigenvalue weighted by Crippen LogP contribution is -2.41. The lowest BCUT2D eigenvalue weighted by molar-refractivity contribution is -0.131. The number of morpholine rings is 1. The second-order valence-electron chi connectivity index (χ2n) is 5.54. The predicted molar refractivity (Wildman–Crippen MR) is 79.2 cm³/mol. The first-order valence-corrected chi connectivity index (χ1v) is 7.66. The summed E-state index contributed by atoms with van der Waals surface area (Å²) in [4.78, 5) is 25.4. The average Bonchev–Trinajstić information content (AvgIpc) is 2.53. The van der Waals surface area contributed by atoms with E-state index in [1.807, 2.05) is 18.7 Å². The first-order chi connectivity index (χ1) is 10.2. The van der Waals surface area contributed by atoms with Gasteiger partial charge in [-0.25, -0.2) is 9.97 Å². The molecule has 21 heavy (non-hydrogen) atoms. The van der Waals surface area contributed by atoms with Crippen molar-refractivity contribution in [2.45, 2.75) is 33.2 Å². The van der Waals surface area contributed by atoms with Crippen molar-refractivity contribution in [1.29, 1.82) is 0 Å². The molecule has 3 rings (SSSR count). The summed E-state index contributed by atoms with van der Waals surface area (Å²) in [6.07, 6.45) is 1.37. The van der Waals surface area contributed by atoms with Crippen molar-refractivity contribution in [3.63, 3.8) is 0 Å². The van der Waals surface area contributed by atoms with Crippen LogP contribution in [-0.4, -0.2) is 53.6 Å². The first kappa shape index (κ1) is 14.3. The number of hydrogen-bond acceptors (Lipinski definition) is 5. The molecule has 1 fully saturated rings. The number of amides is 1. The molecule has 0 radical (unpaired) electrons. The minimum atomic E-state index is 0.203. The summed E-state index contributed by atoms with van der Waals surface area (Å²) < 4.78 is 5.42. The lowest BCUT2D eigenvalue weighted by Gasteiger charge is -2.34. The highest BCUT2D eigenvalue weighted by Crippen LogP contribution is 2.27. The fourth-order valence-electron chi connectivity index (χ4n) is 2.99. The van der Waals surface area contributed by atoms with Gasteiger partial charge in [0.15, 0.2) is 0 Å². The normalized spacial score (nSPS) is 18.6. The van der Waals surface area contributed by atoms with Gasteiger partial charge in [0.2, 0.25) is 5.91 Å². The van der Waals surface area contributed by atoms with Gasteiger partial charge in [0.1, 0.15) is 11.6 Å². The van der Waals surface area contributed by atoms with Gasteiger partial charge in [-0.1, -0.05) is 6.92 Å². The van der Waals surface area contributed by atoms with Crippen LogP contribution in [0, 0.1) is 6.92 Å². The molecule has 6 nitrogen and oxygen atoms in total. The zero-order valence-electron chi connectivity index (χ0n) is 12.8. The second-order valence-corrected chi connectivity index (χ2v) is 5.54. The van der Waals surface area contributed by atoms with E-state index in [2.05, 4.69) is 14.9 Å². The molecule has 6 heteroatoms. The molecular weight excluding hydrogens is 268 g/mol. The fourth-order valence-corrected chi connectivity index (χ4v) is 2.99. The topological polar surface area (TPSA) is 58.6 Å². The minimum absolute atomic E-state index is 0.203. The maximum Gasteiger partial charge on any atom is 0.222 e. The van der Waals surface area contributed by atoms with Gasteiger partial charge in [-0.2, -0.15) is 0 Å². The van der Waals surface area contributed by atoms with E-state index >= 15 is 0 Å². The number of fused-ring (bicyclic) bond motifs is 1. The number of carbonyl (C=O) groups is 1. The van der Waals surface area contributed by atoms with E-state index in [4.69, 9.17) is 4.74 Å². The Kier molecular flexibility index (Phi) is 4.05. The van der Waals surface area contributed by atoms with Crippen LogP contribution in [0.1, 0.15) is 30.4 Å². The molecule has 0 N–H and O–H groups in total. The van der Waals surface area contributed by atoms with E-state index in [1.165, 1.54) is 0 Å². The molecule has 2 aliphatic heterocycles. The predicted octanol–water partition coefficient (Wildman–Crippen LogP) is 0.916. The molecular formula is C15H22N4O2. The number of aromatic nitrogens is 2. The van der Waals surface area contributed by atoms with Gasteiger partial charge < -0.3 is 14.5 Å². The Labute approximate surface area is 125 Å². The standard InChI is InChI=1S/C15H22N4O2/c1-3-14(20)19-5-4-13-12(10-19)15(17-11(2)16-13)18-6-8-21-9-7-18/h3-10H2,1-2H3. The monoisotopic (exact) mass is 290 g/mol. The van der Waals surface area contributed by atoms with Gasteiger partial charge in [-0.15, -0.1) is 0 Å². The largest absolute Gasteiger partial charge is 0.378 e. The first-order valence-electron chi connectivity index (χ1n) is 7.66. The van der Waals surface area contributed by atoms with Crippen molar-refractivity contribution < 1.29 is 9.53 Å². The number of carbonyl (C=O) groups excluding carboxylic acids is 1. The van der Waals surface area contributed by atoms with Crippen LogP contribution in [0.3, 0.4) is 0 Å². The molecule has 3 heterocycles. The molecule has 0 bridgehead atoms. The van der Waals surface area contributed by atoms with Gasteiger partial charge in [0.05, 0.1) is 25.5 Å². The molecule has 1 saturated heterocycles. The summed E-state index contributed by atoms with van der Waals surface area (Å²) in [6.45, 7) is 8.41. The summed E-state index contributed by atoms with van der Waals surface area (Å²) in [7, 11) is 0. The summed E-state index contributed by atoms with van der Waals surface area (Å²) in [5.74, 6) is 2.01. The van der Waals surface area contributed by atoms with Crippen molar-refractivity contribution in [1.82, 2.24) is 14.9 Å². The van der Waals surface area contributed by atoms with Crippen LogP contribution in [0.2, 0.25) is 0 Å². The van der Waals surface area contributed by atoms with Crippen molar-refractivity contribution in [3.05, 3.63) is 17.1 Å². The fraction of sp³-hybridized carbons (Fsp3) is 0.667. The number of aryl methyl sites for hydroxylation is 1. The van der Waals surface area contributed by atoms with Gasteiger partial charge in [0, 0.05) is 38.0 Å². The SMILES string of the molecule is CCC(=O)N1CCc2nc(C)nc(N3CCOCC3)c2C1. The second kappa shape index (κ2) is 5.97. The van der Waals surface area contributed by atoms with Gasteiger partial charge >= 0.3 is 0 Å². The van der Waals surface area contributed by atoms with E-state index in [0.717, 1.165) is 62.2 Å². The molecule has 0 atom stereocenters. The van der Waals surface area contributed by atoms with Gasteiger partial charge in [0.25, 0.3) is 0 Å². The third-order valence-electron chi connectivity index (χ3n) is 4.12. The van der Waals surface area contributed by atoms with E-state index in [-0.39, 0.29) is 5.91 Å². The van der Waals surface area contributed by atoms with Crippen molar-refractivity contribution in [2.75, 3.05) is 37.7 Å². The van der Waals surface area contributed by atoms with Crippen LogP contribution in [0.15, 0.2) is 0 Å². The number of anilines is 1. The molecule has 1 aromatic rings. The van der Waals surface area contributed by atoms with Gasteiger partial charge in [-0.05, 0) is 6.92 Å². The Hall–Kier alpha value is -1.69. The minimum Gasteiger partial charge on any atom is -0.378 e. The van der Waals surface area contributed by atoms with Crippen LogP contribution in [0.25, 0.3) is 0 Å². The lowest BCUT2D eigenvalue weighted by atomic mass is 10.0. The summed E-state index contributed by atoms with van der Waals surface area (Å²) >= 11 is 0. The molecule has 0 aromatic carbocycles. The van der Waals surface area contributed by atoms with E-state index in [9.17, 15) is 4.79 Å². The zero-order valence-corrected chi connectivity index (χ0v) is 12.8. The highest BCUT2D eigenvalue weighted by Gasteiger charge is 2.27. The molecule has 0 spiro atoms. The quantitative estimate of drug-likeness (QED) is 0.810. The molecule has 0 aliphatic carbocycles. The highest BCUT2D eigenvalue weighted by molar-refractivity contribution is 5.76. The van der Waals surface area contributed by atoms with E-state index in [0.29, 0.717) is 13.0 Å². The van der Waals surface area contributed by atoms with Crippen molar-refractivity contribution >= 4 is 11.7 Å². The average molecular weight is 290 g/mol. The van der Waals surface area contributed by atoms with Crippen LogP contribution in [-0.2, 0) is 22.5 Å². The Bertz CT molecular complexity index is 541. The van der Waals surface area contributed by atoms with Crippen molar-refractivity contribution in [3.8, 4) is 0 Å². The molecule has 0 unspecified atom stereocenters. The third kappa shape index (κ3) is 2.85. The van der Waals surface area contributed by atoms with Gasteiger partial charge in [-0.3, -0.25) is 4.79 Å². The smallest absolute Gasteiger partial charge is 0.222 e. The maximum atomic E-state index is 12.0. The Morgan fingerprint density at radius 2 is 2.00 bits per heavy atom. The summed E-state index contributed by atoms with van der Waals surface area (Å²) in [5.41, 5.74) is 2.22.